The van der Waals surface area contributed by atoms with Crippen LogP contribution in [0.4, 0.5) is 18.3 Å². The quantitative estimate of drug-likeness (QED) is 0.315. The molecule has 2 aliphatic carbocycles. The molecule has 0 atom stereocenters. The first kappa shape index (κ1) is 21.1. The summed E-state index contributed by atoms with van der Waals surface area (Å²) in [7, 11) is 0. The van der Waals surface area contributed by atoms with Gasteiger partial charge in [-0.3, -0.25) is 4.98 Å². The molecule has 3 aliphatic rings. The van der Waals surface area contributed by atoms with E-state index in [4.69, 9.17) is 4.52 Å². The highest BCUT2D eigenvalue weighted by Crippen LogP contribution is 2.56. The summed E-state index contributed by atoms with van der Waals surface area (Å²) >= 11 is 1.52. The molecule has 1 saturated heterocycles. The minimum atomic E-state index is -0.739. The average Bonchev–Trinajstić information content (AvgIpc) is 3.43. The topological polar surface area (TPSA) is 55.1 Å². The normalized spacial score (nSPS) is 19.3. The molecule has 4 aromatic rings. The fourth-order valence-electron chi connectivity index (χ4n) is 5.43. The number of piperidine rings is 1. The molecule has 1 aliphatic heterocycles. The van der Waals surface area contributed by atoms with Gasteiger partial charge in [0.15, 0.2) is 16.8 Å². The number of halogens is 3. The van der Waals surface area contributed by atoms with Gasteiger partial charge in [0.05, 0.1) is 22.7 Å². The van der Waals surface area contributed by atoms with Crippen LogP contribution in [-0.2, 0) is 0 Å². The predicted octanol–water partition coefficient (Wildman–Crippen LogP) is 6.71. The Hall–Kier alpha value is -3.20. The van der Waals surface area contributed by atoms with Gasteiger partial charge in [0.25, 0.3) is 0 Å². The van der Waals surface area contributed by atoms with Crippen LogP contribution in [0.3, 0.4) is 0 Å². The summed E-state index contributed by atoms with van der Waals surface area (Å²) < 4.78 is 49.7. The maximum Gasteiger partial charge on any atom is 0.186 e. The number of rotatable bonds is 4. The van der Waals surface area contributed by atoms with E-state index in [9.17, 15) is 13.2 Å². The Labute approximate surface area is 203 Å². The van der Waals surface area contributed by atoms with Gasteiger partial charge in [-0.05, 0) is 55.2 Å². The lowest BCUT2D eigenvalue weighted by Crippen LogP contribution is -2.42. The molecule has 35 heavy (non-hydrogen) atoms. The maximum absolute atomic E-state index is 14.5. The van der Waals surface area contributed by atoms with E-state index < -0.39 is 11.6 Å². The second-order valence-corrected chi connectivity index (χ2v) is 10.8. The molecule has 2 fully saturated rings. The Morgan fingerprint density at radius 2 is 1.74 bits per heavy atom. The summed E-state index contributed by atoms with van der Waals surface area (Å²) in [4.78, 5) is 10.4. The molecular formula is C26H21F3N4OS. The van der Waals surface area contributed by atoms with Gasteiger partial charge in [-0.2, -0.15) is 0 Å². The molecule has 178 valence electrons. The highest BCUT2D eigenvalue weighted by atomic mass is 32.1. The van der Waals surface area contributed by atoms with Crippen molar-refractivity contribution in [2.75, 3.05) is 18.0 Å². The Morgan fingerprint density at radius 3 is 2.43 bits per heavy atom. The molecule has 0 unspecified atom stereocenters. The molecule has 9 heteroatoms. The van der Waals surface area contributed by atoms with E-state index in [0.29, 0.717) is 5.52 Å². The third kappa shape index (κ3) is 3.39. The number of nitrogens with zero attached hydrogens (tertiary/aromatic N) is 4. The van der Waals surface area contributed by atoms with Crippen LogP contribution in [0.1, 0.15) is 49.3 Å². The van der Waals surface area contributed by atoms with E-state index in [-0.39, 0.29) is 28.4 Å². The second kappa shape index (κ2) is 7.65. The van der Waals surface area contributed by atoms with Crippen molar-refractivity contribution < 1.29 is 17.7 Å². The van der Waals surface area contributed by atoms with Gasteiger partial charge in [-0.1, -0.05) is 28.6 Å². The molecule has 3 aromatic heterocycles. The third-order valence-electron chi connectivity index (χ3n) is 7.49. The van der Waals surface area contributed by atoms with Gasteiger partial charge in [0, 0.05) is 24.6 Å². The van der Waals surface area contributed by atoms with E-state index in [0.717, 1.165) is 84.3 Å². The molecule has 0 amide bonds. The minimum Gasteiger partial charge on any atom is -0.360 e. The van der Waals surface area contributed by atoms with Crippen molar-refractivity contribution in [3.63, 3.8) is 0 Å². The van der Waals surface area contributed by atoms with Crippen LogP contribution in [0.5, 0.6) is 0 Å². The number of fused-ring (bicyclic) bond motifs is 1. The van der Waals surface area contributed by atoms with Gasteiger partial charge in [0.2, 0.25) is 0 Å². The van der Waals surface area contributed by atoms with Crippen molar-refractivity contribution in [3.8, 4) is 11.3 Å². The van der Waals surface area contributed by atoms with Crippen LogP contribution >= 0.6 is 11.3 Å². The van der Waals surface area contributed by atoms with E-state index in [1.165, 1.54) is 17.4 Å². The summed E-state index contributed by atoms with van der Waals surface area (Å²) in [5, 5.41) is 4.97. The van der Waals surface area contributed by atoms with Crippen LogP contribution in [0.2, 0.25) is 0 Å². The lowest BCUT2D eigenvalue weighted by molar-refractivity contribution is 0.277. The molecule has 1 saturated carbocycles. The van der Waals surface area contributed by atoms with Crippen LogP contribution in [0, 0.1) is 22.9 Å². The Bertz CT molecular complexity index is 1480. The van der Waals surface area contributed by atoms with Gasteiger partial charge < -0.3 is 9.42 Å². The number of hydrogen-bond acceptors (Lipinski definition) is 6. The van der Waals surface area contributed by atoms with Gasteiger partial charge in [0.1, 0.15) is 22.8 Å². The van der Waals surface area contributed by atoms with Crippen LogP contribution in [0.15, 0.2) is 41.2 Å². The zero-order valence-corrected chi connectivity index (χ0v) is 19.5. The lowest BCUT2D eigenvalue weighted by atomic mass is 9.63. The van der Waals surface area contributed by atoms with Crippen LogP contribution < -0.4 is 4.90 Å². The number of anilines is 1. The minimum absolute atomic E-state index is 0.0401. The SMILES string of the molecule is Fc1cncc(F)c1-c1noc(C2CC2)c1C1=CC2(CCN(c3nc4c(F)cccc4s3)CC2)C1. The second-order valence-electron chi connectivity index (χ2n) is 9.80. The summed E-state index contributed by atoms with van der Waals surface area (Å²) in [5.74, 6) is -0.763. The lowest BCUT2D eigenvalue weighted by Gasteiger charge is -2.46. The number of thiazole rings is 1. The van der Waals surface area contributed by atoms with Crippen LogP contribution in [0.25, 0.3) is 27.0 Å². The smallest absolute Gasteiger partial charge is 0.186 e. The molecule has 5 nitrogen and oxygen atoms in total. The molecule has 0 radical (unpaired) electrons. The Balaban J connectivity index is 1.16. The number of aromatic nitrogens is 3. The number of pyridine rings is 1. The molecule has 1 aromatic carbocycles. The number of benzene rings is 1. The first-order valence-corrected chi connectivity index (χ1v) is 12.6. The molecule has 0 bridgehead atoms. The van der Waals surface area contributed by atoms with Crippen molar-refractivity contribution in [1.82, 2.24) is 15.1 Å². The van der Waals surface area contributed by atoms with Crippen molar-refractivity contribution in [3.05, 3.63) is 65.4 Å². The summed E-state index contributed by atoms with van der Waals surface area (Å²) in [6.45, 7) is 1.65. The zero-order chi connectivity index (χ0) is 23.7. The van der Waals surface area contributed by atoms with Gasteiger partial charge >= 0.3 is 0 Å². The predicted molar refractivity (Wildman–Crippen MR) is 128 cm³/mol. The van der Waals surface area contributed by atoms with E-state index in [1.807, 2.05) is 6.07 Å². The van der Waals surface area contributed by atoms with E-state index >= 15 is 0 Å². The molecule has 1 spiro atoms. The first-order valence-electron chi connectivity index (χ1n) is 11.8. The van der Waals surface area contributed by atoms with Gasteiger partial charge in [-0.15, -0.1) is 0 Å². The maximum atomic E-state index is 14.5. The highest BCUT2D eigenvalue weighted by molar-refractivity contribution is 7.22. The van der Waals surface area contributed by atoms with Crippen molar-refractivity contribution in [1.29, 1.82) is 0 Å². The Kier molecular flexibility index (Phi) is 4.61. The fourth-order valence-corrected chi connectivity index (χ4v) is 6.46. The molecule has 4 heterocycles. The number of hydrogen-bond donors (Lipinski definition) is 0. The fraction of sp³-hybridized carbons (Fsp3) is 0.346. The summed E-state index contributed by atoms with van der Waals surface area (Å²) in [6.07, 6.45) is 8.96. The Morgan fingerprint density at radius 1 is 1.00 bits per heavy atom. The monoisotopic (exact) mass is 494 g/mol. The third-order valence-corrected chi connectivity index (χ3v) is 8.57. The van der Waals surface area contributed by atoms with Crippen molar-refractivity contribution in [2.24, 2.45) is 5.41 Å². The summed E-state index contributed by atoms with van der Waals surface area (Å²) in [5.41, 5.74) is 2.34. The van der Waals surface area contributed by atoms with Gasteiger partial charge in [-0.25, -0.2) is 18.2 Å². The molecular weight excluding hydrogens is 473 g/mol. The molecule has 0 N–H and O–H groups in total. The molecule has 7 rings (SSSR count). The number of allylic oxidation sites excluding steroid dienone is 2. The van der Waals surface area contributed by atoms with Crippen LogP contribution in [-0.4, -0.2) is 28.2 Å². The first-order chi connectivity index (χ1) is 17.0. The zero-order valence-electron chi connectivity index (χ0n) is 18.7. The highest BCUT2D eigenvalue weighted by Gasteiger charge is 2.44. The average molecular weight is 495 g/mol. The van der Waals surface area contributed by atoms with Crippen molar-refractivity contribution >= 4 is 32.3 Å². The number of para-hydroxylation sites is 1. The summed E-state index contributed by atoms with van der Waals surface area (Å²) in [6, 6.07) is 5.05. The standard InChI is InChI=1S/C26H21F3N4OS/c27-16-2-1-3-19-22(16)31-25(35-19)33-8-6-26(7-9-33)10-15(11-26)20-23(32-34-24(20)14-4-5-14)21-17(28)12-30-13-18(21)29/h1-3,10,12-14H,4-9,11H2. The van der Waals surface area contributed by atoms with Crippen molar-refractivity contribution in [2.45, 2.75) is 38.0 Å². The largest absolute Gasteiger partial charge is 0.360 e. The van der Waals surface area contributed by atoms with E-state index in [2.05, 4.69) is 26.1 Å². The van der Waals surface area contributed by atoms with E-state index in [1.54, 1.807) is 6.07 Å².